The topological polar surface area (TPSA) is 45.0 Å². The Kier molecular flexibility index (Phi) is 2.62. The van der Waals surface area contributed by atoms with Crippen LogP contribution in [0.15, 0.2) is 48.5 Å². The van der Waals surface area contributed by atoms with Crippen molar-refractivity contribution in [2.75, 3.05) is 11.9 Å². The third-order valence-electron chi connectivity index (χ3n) is 3.05. The predicted octanol–water partition coefficient (Wildman–Crippen LogP) is 3.10. The number of rotatable bonds is 1. The summed E-state index contributed by atoms with van der Waals surface area (Å²) in [4.78, 5) is 0. The normalized spacial score (nSPS) is 16.9. The van der Waals surface area contributed by atoms with Crippen LogP contribution in [0.4, 0.5) is 5.69 Å². The molecule has 1 aliphatic rings. The van der Waals surface area contributed by atoms with Crippen LogP contribution < -0.4 is 10.1 Å². The first-order valence-electron chi connectivity index (χ1n) is 5.85. The van der Waals surface area contributed by atoms with E-state index in [9.17, 15) is 0 Å². The molecule has 1 N–H and O–H groups in total. The zero-order valence-corrected chi connectivity index (χ0v) is 9.76. The molecule has 1 heterocycles. The molecule has 1 unspecified atom stereocenters. The van der Waals surface area contributed by atoms with E-state index in [1.807, 2.05) is 30.3 Å². The maximum Gasteiger partial charge on any atom is 0.142 e. The van der Waals surface area contributed by atoms with Crippen molar-refractivity contribution in [3.05, 3.63) is 59.7 Å². The first-order valence-corrected chi connectivity index (χ1v) is 5.85. The van der Waals surface area contributed by atoms with Crippen molar-refractivity contribution >= 4 is 5.69 Å². The Morgan fingerprint density at radius 1 is 1.17 bits per heavy atom. The van der Waals surface area contributed by atoms with Gasteiger partial charge in [-0.1, -0.05) is 30.3 Å². The number of benzene rings is 2. The summed E-state index contributed by atoms with van der Waals surface area (Å²) in [5.74, 6) is 0.807. The molecule has 0 fully saturated rings. The first-order chi connectivity index (χ1) is 8.86. The third-order valence-corrected chi connectivity index (χ3v) is 3.05. The maximum atomic E-state index is 8.90. The van der Waals surface area contributed by atoms with Crippen LogP contribution in [0, 0.1) is 11.3 Å². The van der Waals surface area contributed by atoms with E-state index in [1.165, 1.54) is 5.56 Å². The lowest BCUT2D eigenvalue weighted by Gasteiger charge is -2.27. The molecule has 1 atom stereocenters. The summed E-state index contributed by atoms with van der Waals surface area (Å²) in [6, 6.07) is 17.9. The SMILES string of the molecule is N#Cc1ccc2c(c1)NC(c1ccccc1)CO2. The number of nitriles is 1. The molecule has 0 bridgehead atoms. The summed E-state index contributed by atoms with van der Waals surface area (Å²) in [6.45, 7) is 0.600. The van der Waals surface area contributed by atoms with Crippen molar-refractivity contribution in [3.63, 3.8) is 0 Å². The summed E-state index contributed by atoms with van der Waals surface area (Å²) in [5.41, 5.74) is 2.71. The van der Waals surface area contributed by atoms with Gasteiger partial charge in [0.25, 0.3) is 0 Å². The highest BCUT2D eigenvalue weighted by Gasteiger charge is 2.20. The molecular formula is C15H12N2O. The number of anilines is 1. The molecule has 0 aromatic heterocycles. The van der Waals surface area contributed by atoms with Gasteiger partial charge in [-0.05, 0) is 23.8 Å². The van der Waals surface area contributed by atoms with E-state index < -0.39 is 0 Å². The summed E-state index contributed by atoms with van der Waals surface area (Å²) in [5, 5.41) is 12.3. The monoisotopic (exact) mass is 236 g/mol. The zero-order chi connectivity index (χ0) is 12.4. The van der Waals surface area contributed by atoms with E-state index in [0.29, 0.717) is 12.2 Å². The zero-order valence-electron chi connectivity index (χ0n) is 9.76. The van der Waals surface area contributed by atoms with Crippen molar-refractivity contribution in [1.29, 1.82) is 5.26 Å². The number of nitrogens with zero attached hydrogens (tertiary/aromatic N) is 1. The van der Waals surface area contributed by atoms with Gasteiger partial charge in [-0.3, -0.25) is 0 Å². The van der Waals surface area contributed by atoms with E-state index in [0.717, 1.165) is 11.4 Å². The Morgan fingerprint density at radius 3 is 2.78 bits per heavy atom. The van der Waals surface area contributed by atoms with Crippen molar-refractivity contribution in [1.82, 2.24) is 0 Å². The Balaban J connectivity index is 1.91. The molecule has 0 aliphatic carbocycles. The Hall–Kier alpha value is -2.47. The maximum absolute atomic E-state index is 8.90. The molecule has 3 rings (SSSR count). The van der Waals surface area contributed by atoms with E-state index >= 15 is 0 Å². The van der Waals surface area contributed by atoms with Crippen LogP contribution in [-0.2, 0) is 0 Å². The van der Waals surface area contributed by atoms with Gasteiger partial charge in [0.15, 0.2) is 0 Å². The van der Waals surface area contributed by atoms with Crippen LogP contribution in [0.2, 0.25) is 0 Å². The van der Waals surface area contributed by atoms with E-state index in [4.69, 9.17) is 10.00 Å². The van der Waals surface area contributed by atoms with Crippen molar-refractivity contribution in [3.8, 4) is 11.8 Å². The molecule has 0 radical (unpaired) electrons. The van der Waals surface area contributed by atoms with Crippen LogP contribution in [0.25, 0.3) is 0 Å². The number of ether oxygens (including phenoxy) is 1. The fourth-order valence-corrected chi connectivity index (χ4v) is 2.11. The number of fused-ring (bicyclic) bond motifs is 1. The van der Waals surface area contributed by atoms with Crippen molar-refractivity contribution in [2.24, 2.45) is 0 Å². The molecule has 18 heavy (non-hydrogen) atoms. The van der Waals surface area contributed by atoms with Gasteiger partial charge in [-0.2, -0.15) is 5.26 Å². The molecular weight excluding hydrogens is 224 g/mol. The van der Waals surface area contributed by atoms with Crippen LogP contribution in [0.5, 0.6) is 5.75 Å². The van der Waals surface area contributed by atoms with Gasteiger partial charge in [0.1, 0.15) is 12.4 Å². The second-order valence-corrected chi connectivity index (χ2v) is 4.24. The molecule has 0 spiro atoms. The van der Waals surface area contributed by atoms with Gasteiger partial charge in [-0.25, -0.2) is 0 Å². The molecule has 3 heteroatoms. The molecule has 0 saturated heterocycles. The Bertz CT molecular complexity index is 602. The van der Waals surface area contributed by atoms with E-state index in [1.54, 1.807) is 6.07 Å². The van der Waals surface area contributed by atoms with Gasteiger partial charge in [0.2, 0.25) is 0 Å². The Morgan fingerprint density at radius 2 is 2.00 bits per heavy atom. The molecule has 0 saturated carbocycles. The van der Waals surface area contributed by atoms with Crippen LogP contribution >= 0.6 is 0 Å². The lowest BCUT2D eigenvalue weighted by atomic mass is 10.1. The van der Waals surface area contributed by atoms with Crippen LogP contribution in [0.1, 0.15) is 17.2 Å². The Labute approximate surface area is 106 Å². The van der Waals surface area contributed by atoms with Crippen molar-refractivity contribution < 1.29 is 4.74 Å². The van der Waals surface area contributed by atoms with E-state index in [-0.39, 0.29) is 6.04 Å². The standard InChI is InChI=1S/C15H12N2O/c16-9-11-6-7-15-13(8-11)17-14(10-18-15)12-4-2-1-3-5-12/h1-8,14,17H,10H2. The summed E-state index contributed by atoms with van der Waals surface area (Å²) < 4.78 is 5.72. The van der Waals surface area contributed by atoms with Crippen LogP contribution in [-0.4, -0.2) is 6.61 Å². The minimum atomic E-state index is 0.132. The first kappa shape index (κ1) is 10.7. The minimum Gasteiger partial charge on any atom is -0.489 e. The summed E-state index contributed by atoms with van der Waals surface area (Å²) >= 11 is 0. The lowest BCUT2D eigenvalue weighted by molar-refractivity contribution is 0.286. The third kappa shape index (κ3) is 1.89. The predicted molar refractivity (Wildman–Crippen MR) is 69.5 cm³/mol. The largest absolute Gasteiger partial charge is 0.489 e. The minimum absolute atomic E-state index is 0.132. The molecule has 2 aromatic rings. The average Bonchev–Trinajstić information content (AvgIpc) is 2.47. The van der Waals surface area contributed by atoms with Crippen molar-refractivity contribution in [2.45, 2.75) is 6.04 Å². The van der Waals surface area contributed by atoms with E-state index in [2.05, 4.69) is 23.5 Å². The highest BCUT2D eigenvalue weighted by molar-refractivity contribution is 5.62. The van der Waals surface area contributed by atoms with Gasteiger partial charge in [0, 0.05) is 0 Å². The molecule has 0 amide bonds. The van der Waals surface area contributed by atoms with Gasteiger partial charge < -0.3 is 10.1 Å². The van der Waals surface area contributed by atoms with Gasteiger partial charge in [0.05, 0.1) is 23.4 Å². The average molecular weight is 236 g/mol. The number of hydrogen-bond acceptors (Lipinski definition) is 3. The molecule has 2 aromatic carbocycles. The van der Waals surface area contributed by atoms with Gasteiger partial charge in [-0.15, -0.1) is 0 Å². The second kappa shape index (κ2) is 4.42. The smallest absolute Gasteiger partial charge is 0.142 e. The lowest BCUT2D eigenvalue weighted by Crippen LogP contribution is -2.23. The summed E-state index contributed by atoms with van der Waals surface area (Å²) in [7, 11) is 0. The fraction of sp³-hybridized carbons (Fsp3) is 0.133. The highest BCUT2D eigenvalue weighted by Crippen LogP contribution is 2.34. The molecule has 1 aliphatic heterocycles. The highest BCUT2D eigenvalue weighted by atomic mass is 16.5. The molecule has 88 valence electrons. The second-order valence-electron chi connectivity index (χ2n) is 4.24. The van der Waals surface area contributed by atoms with Crippen LogP contribution in [0.3, 0.4) is 0 Å². The van der Waals surface area contributed by atoms with Gasteiger partial charge >= 0.3 is 0 Å². The molecule has 3 nitrogen and oxygen atoms in total. The quantitative estimate of drug-likeness (QED) is 0.827. The number of nitrogens with one attached hydrogen (secondary N) is 1. The fourth-order valence-electron chi connectivity index (χ4n) is 2.11. The summed E-state index contributed by atoms with van der Waals surface area (Å²) in [6.07, 6.45) is 0. The number of hydrogen-bond donors (Lipinski definition) is 1.